The Balaban J connectivity index is 0.000000423. The van der Waals surface area contributed by atoms with E-state index >= 15 is 0 Å². The molecule has 122 valence electrons. The van der Waals surface area contributed by atoms with Gasteiger partial charge >= 0.3 is 13.7 Å². The molecular formula is C12H26BN3O5. The summed E-state index contributed by atoms with van der Waals surface area (Å²) in [6.07, 6.45) is 4.23. The highest BCUT2D eigenvalue weighted by atomic mass is 16.5. The molecule has 8 nitrogen and oxygen atoms in total. The van der Waals surface area contributed by atoms with Crippen molar-refractivity contribution in [2.45, 2.75) is 51.3 Å². The van der Waals surface area contributed by atoms with Gasteiger partial charge in [-0.25, -0.2) is 4.79 Å². The predicted molar refractivity (Wildman–Crippen MR) is 79.6 cm³/mol. The number of amides is 1. The molecule has 1 heterocycles. The summed E-state index contributed by atoms with van der Waals surface area (Å²) in [6.45, 7) is 2.87. The van der Waals surface area contributed by atoms with Crippen molar-refractivity contribution in [3.05, 3.63) is 0 Å². The number of hydrogen-bond acceptors (Lipinski definition) is 6. The fourth-order valence-corrected chi connectivity index (χ4v) is 1.88. The lowest BCUT2D eigenvalue weighted by molar-refractivity contribution is -0.141. The molecule has 0 radical (unpaired) electrons. The van der Waals surface area contributed by atoms with Crippen LogP contribution >= 0.6 is 0 Å². The fourth-order valence-electron chi connectivity index (χ4n) is 1.88. The van der Waals surface area contributed by atoms with Crippen LogP contribution in [0, 0.1) is 0 Å². The standard InChI is InChI=1S/C8H16N2O3.C4H10BNO2/c1-6(11)10-7(8(12)13)4-2-3-5-9;7-5-8-4-2-1-3-6-4/h7H,2-5,9H2,1H3,(H,10,11)(H,12,13);4-7H,1-3H2/t7-;4-/m01/s1. The van der Waals surface area contributed by atoms with Crippen LogP contribution in [-0.4, -0.2) is 55.1 Å². The zero-order valence-electron chi connectivity index (χ0n) is 12.5. The van der Waals surface area contributed by atoms with Gasteiger partial charge in [0.2, 0.25) is 5.91 Å². The third kappa shape index (κ3) is 11.2. The van der Waals surface area contributed by atoms with Gasteiger partial charge in [-0.05, 0) is 45.2 Å². The van der Waals surface area contributed by atoms with Crippen LogP contribution in [0.15, 0.2) is 0 Å². The van der Waals surface area contributed by atoms with Gasteiger partial charge in [-0.2, -0.15) is 0 Å². The molecule has 1 aliphatic rings. The number of nitrogens with one attached hydrogen (secondary N) is 2. The number of carbonyl (C=O) groups excluding carboxylic acids is 1. The summed E-state index contributed by atoms with van der Waals surface area (Å²) in [5.74, 6) is -1.31. The predicted octanol–water partition coefficient (Wildman–Crippen LogP) is -1.32. The Labute approximate surface area is 125 Å². The molecule has 1 saturated heterocycles. The maximum atomic E-state index is 10.6. The molecule has 6 N–H and O–H groups in total. The summed E-state index contributed by atoms with van der Waals surface area (Å²) in [5, 5.41) is 22.4. The van der Waals surface area contributed by atoms with Crippen LogP contribution in [0.5, 0.6) is 0 Å². The maximum absolute atomic E-state index is 10.6. The second-order valence-corrected chi connectivity index (χ2v) is 4.76. The lowest BCUT2D eigenvalue weighted by atomic mass is 10.1. The normalized spacial score (nSPS) is 18.3. The molecule has 0 bridgehead atoms. The van der Waals surface area contributed by atoms with Gasteiger partial charge in [0.1, 0.15) is 6.04 Å². The van der Waals surface area contributed by atoms with E-state index in [1.54, 1.807) is 0 Å². The highest BCUT2D eigenvalue weighted by molar-refractivity contribution is 6.15. The highest BCUT2D eigenvalue weighted by Crippen LogP contribution is 2.04. The van der Waals surface area contributed by atoms with Gasteiger partial charge in [0, 0.05) is 6.92 Å². The Morgan fingerprint density at radius 2 is 2.24 bits per heavy atom. The molecule has 0 aromatic carbocycles. The van der Waals surface area contributed by atoms with E-state index in [1.807, 2.05) is 0 Å². The molecule has 21 heavy (non-hydrogen) atoms. The van der Waals surface area contributed by atoms with E-state index in [2.05, 4.69) is 10.6 Å². The number of aliphatic carboxylic acids is 1. The smallest absolute Gasteiger partial charge is 0.436 e. The Morgan fingerprint density at radius 1 is 1.52 bits per heavy atom. The molecule has 2 atom stereocenters. The molecule has 1 amide bonds. The summed E-state index contributed by atoms with van der Waals surface area (Å²) in [6, 6.07) is -0.774. The van der Waals surface area contributed by atoms with Crippen LogP contribution in [0.4, 0.5) is 0 Å². The van der Waals surface area contributed by atoms with Crippen LogP contribution in [-0.2, 0) is 14.2 Å². The fraction of sp³-hybridized carbons (Fsp3) is 0.833. The Bertz CT molecular complexity index is 301. The van der Waals surface area contributed by atoms with Crippen molar-refractivity contribution in [3.63, 3.8) is 0 Å². The van der Waals surface area contributed by atoms with Gasteiger partial charge in [-0.15, -0.1) is 0 Å². The number of carbonyl (C=O) groups is 2. The molecule has 0 saturated carbocycles. The van der Waals surface area contributed by atoms with E-state index in [-0.39, 0.29) is 19.8 Å². The second kappa shape index (κ2) is 12.6. The molecule has 1 aliphatic heterocycles. The zero-order chi connectivity index (χ0) is 16.1. The molecule has 0 aromatic heterocycles. The first-order chi connectivity index (χ1) is 10.0. The first kappa shape index (κ1) is 19.8. The maximum Gasteiger partial charge on any atom is 0.436 e. The highest BCUT2D eigenvalue weighted by Gasteiger charge is 2.16. The molecule has 1 fully saturated rings. The molecule has 9 heteroatoms. The molecule has 0 unspecified atom stereocenters. The van der Waals surface area contributed by atoms with Gasteiger partial charge in [-0.1, -0.05) is 0 Å². The first-order valence-electron chi connectivity index (χ1n) is 7.17. The largest absolute Gasteiger partial charge is 0.480 e. The van der Waals surface area contributed by atoms with Crippen molar-refractivity contribution in [2.24, 2.45) is 5.73 Å². The topological polar surface area (TPSA) is 134 Å². The van der Waals surface area contributed by atoms with Gasteiger partial charge < -0.3 is 25.8 Å². The monoisotopic (exact) mass is 303 g/mol. The van der Waals surface area contributed by atoms with Gasteiger partial charge in [-0.3, -0.25) is 10.1 Å². The van der Waals surface area contributed by atoms with Crippen LogP contribution in [0.2, 0.25) is 0 Å². The molecule has 0 spiro atoms. The van der Waals surface area contributed by atoms with E-state index in [1.165, 1.54) is 6.92 Å². The van der Waals surface area contributed by atoms with Gasteiger partial charge in [0.15, 0.2) is 0 Å². The zero-order valence-corrected chi connectivity index (χ0v) is 12.5. The van der Waals surface area contributed by atoms with E-state index < -0.39 is 12.0 Å². The minimum Gasteiger partial charge on any atom is -0.480 e. The minimum atomic E-state index is -0.993. The lowest BCUT2D eigenvalue weighted by Gasteiger charge is -2.12. The summed E-state index contributed by atoms with van der Waals surface area (Å²) >= 11 is 0. The quantitative estimate of drug-likeness (QED) is 0.277. The minimum absolute atomic E-state index is 0.111. The summed E-state index contributed by atoms with van der Waals surface area (Å²) < 4.78 is 4.85. The van der Waals surface area contributed by atoms with E-state index in [4.69, 9.17) is 20.5 Å². The number of rotatable bonds is 8. The molecular weight excluding hydrogens is 277 g/mol. The van der Waals surface area contributed by atoms with Crippen LogP contribution in [0.3, 0.4) is 0 Å². The van der Waals surface area contributed by atoms with Crippen LogP contribution in [0.1, 0.15) is 39.0 Å². The number of unbranched alkanes of at least 4 members (excludes halogenated alkanes) is 1. The van der Waals surface area contributed by atoms with Crippen molar-refractivity contribution in [2.75, 3.05) is 13.1 Å². The van der Waals surface area contributed by atoms with Crippen molar-refractivity contribution < 1.29 is 24.4 Å². The molecule has 0 aromatic rings. The average molecular weight is 303 g/mol. The van der Waals surface area contributed by atoms with E-state index in [0.717, 1.165) is 25.8 Å². The van der Waals surface area contributed by atoms with E-state index in [0.29, 0.717) is 19.4 Å². The number of carboxylic acid groups (broad SMARTS) is 1. The third-order valence-corrected chi connectivity index (χ3v) is 2.91. The number of carboxylic acids is 1. The van der Waals surface area contributed by atoms with Crippen LogP contribution in [0.25, 0.3) is 0 Å². The third-order valence-electron chi connectivity index (χ3n) is 2.91. The Kier molecular flexibility index (Phi) is 11.9. The lowest BCUT2D eigenvalue weighted by Crippen LogP contribution is -2.39. The SMILES string of the molecule is CC(=O)N[C@@H](CCCCN)C(=O)O.OBO[C@@H]1CCCN1. The van der Waals surface area contributed by atoms with Crippen LogP contribution < -0.4 is 16.4 Å². The average Bonchev–Trinajstić information content (AvgIpc) is 2.91. The number of hydrogen-bond donors (Lipinski definition) is 5. The number of nitrogens with two attached hydrogens (primary N) is 1. The van der Waals surface area contributed by atoms with Gasteiger partial charge in [0.05, 0.1) is 6.23 Å². The van der Waals surface area contributed by atoms with E-state index in [9.17, 15) is 9.59 Å². The second-order valence-electron chi connectivity index (χ2n) is 4.76. The molecule has 0 aliphatic carbocycles. The van der Waals surface area contributed by atoms with Crippen molar-refractivity contribution in [1.29, 1.82) is 0 Å². The van der Waals surface area contributed by atoms with Crippen molar-refractivity contribution in [1.82, 2.24) is 10.6 Å². The Morgan fingerprint density at radius 3 is 2.67 bits per heavy atom. The van der Waals surface area contributed by atoms with Crippen molar-refractivity contribution in [3.8, 4) is 0 Å². The summed E-state index contributed by atoms with van der Waals surface area (Å²) in [4.78, 5) is 21.2. The Hall–Kier alpha value is -1.16. The van der Waals surface area contributed by atoms with Gasteiger partial charge in [0.25, 0.3) is 0 Å². The summed E-state index contributed by atoms with van der Waals surface area (Å²) in [7, 11) is -0.169. The van der Waals surface area contributed by atoms with Crippen molar-refractivity contribution >= 4 is 19.6 Å². The first-order valence-corrected chi connectivity index (χ1v) is 7.17. The summed E-state index contributed by atoms with van der Waals surface area (Å²) in [5.41, 5.74) is 5.26. The molecule has 1 rings (SSSR count).